The highest BCUT2D eigenvalue weighted by Crippen LogP contribution is 2.28. The molecule has 0 aliphatic carbocycles. The highest BCUT2D eigenvalue weighted by atomic mass is 35.5. The van der Waals surface area contributed by atoms with Crippen molar-refractivity contribution in [1.82, 2.24) is 9.99 Å². The van der Waals surface area contributed by atoms with Crippen molar-refractivity contribution in [2.75, 3.05) is 17.1 Å². The molecule has 0 aliphatic heterocycles. The number of sulfonamides is 1. The molecule has 0 radical (unpaired) electrons. The largest absolute Gasteiger partial charge is 0.316 e. The van der Waals surface area contributed by atoms with Crippen molar-refractivity contribution >= 4 is 62.6 Å². The zero-order chi connectivity index (χ0) is 24.3. The van der Waals surface area contributed by atoms with E-state index in [4.69, 9.17) is 34.8 Å². The minimum Gasteiger partial charge on any atom is -0.316 e. The summed E-state index contributed by atoms with van der Waals surface area (Å²) in [5.41, 5.74) is 6.00. The lowest BCUT2D eigenvalue weighted by Gasteiger charge is -2.21. The van der Waals surface area contributed by atoms with E-state index >= 15 is 0 Å². The Morgan fingerprint density at radius 1 is 1.06 bits per heavy atom. The Hall–Kier alpha value is -2.52. The highest BCUT2D eigenvalue weighted by molar-refractivity contribution is 7.92. The Morgan fingerprint density at radius 3 is 2.30 bits per heavy atom. The molecule has 1 aromatic heterocycles. The van der Waals surface area contributed by atoms with E-state index in [-0.39, 0.29) is 0 Å². The maximum atomic E-state index is 12.4. The van der Waals surface area contributed by atoms with Gasteiger partial charge in [-0.15, -0.1) is 0 Å². The van der Waals surface area contributed by atoms with Crippen LogP contribution in [0.1, 0.15) is 17.0 Å². The van der Waals surface area contributed by atoms with E-state index < -0.39 is 22.5 Å². The van der Waals surface area contributed by atoms with Gasteiger partial charge < -0.3 is 4.57 Å². The Bertz CT molecular complexity index is 1320. The molecular formula is C22H21Cl3N4O3S. The van der Waals surface area contributed by atoms with Crippen molar-refractivity contribution in [2.24, 2.45) is 5.10 Å². The lowest BCUT2D eigenvalue weighted by Crippen LogP contribution is -2.39. The van der Waals surface area contributed by atoms with Crippen LogP contribution in [0.15, 0.2) is 53.6 Å². The van der Waals surface area contributed by atoms with Crippen molar-refractivity contribution in [3.8, 4) is 5.69 Å². The Morgan fingerprint density at radius 2 is 1.70 bits per heavy atom. The molecular weight excluding hydrogens is 507 g/mol. The van der Waals surface area contributed by atoms with Crippen molar-refractivity contribution < 1.29 is 13.2 Å². The number of aryl methyl sites for hydroxylation is 1. The van der Waals surface area contributed by atoms with E-state index in [1.165, 1.54) is 18.3 Å². The van der Waals surface area contributed by atoms with Gasteiger partial charge in [-0.05, 0) is 62.4 Å². The van der Waals surface area contributed by atoms with Crippen LogP contribution in [0.3, 0.4) is 0 Å². The fourth-order valence-corrected chi connectivity index (χ4v) is 4.77. The third-order valence-electron chi connectivity index (χ3n) is 4.82. The van der Waals surface area contributed by atoms with Crippen LogP contribution in [-0.2, 0) is 14.8 Å². The predicted octanol–water partition coefficient (Wildman–Crippen LogP) is 4.97. The number of hydrogen-bond acceptors (Lipinski definition) is 4. The predicted molar refractivity (Wildman–Crippen MR) is 135 cm³/mol. The van der Waals surface area contributed by atoms with E-state index in [1.807, 2.05) is 30.5 Å². The number of nitrogens with one attached hydrogen (secondary N) is 1. The molecule has 0 aliphatic rings. The van der Waals surface area contributed by atoms with E-state index in [0.717, 1.165) is 33.2 Å². The molecule has 7 nitrogen and oxygen atoms in total. The summed E-state index contributed by atoms with van der Waals surface area (Å²) in [6.45, 7) is 3.38. The Kier molecular flexibility index (Phi) is 7.74. The molecule has 33 heavy (non-hydrogen) atoms. The molecule has 1 amide bonds. The molecule has 0 fully saturated rings. The van der Waals surface area contributed by atoms with Gasteiger partial charge in [-0.25, -0.2) is 13.8 Å². The first-order chi connectivity index (χ1) is 15.5. The lowest BCUT2D eigenvalue weighted by atomic mass is 10.2. The molecule has 0 spiro atoms. The van der Waals surface area contributed by atoms with Gasteiger partial charge in [0.15, 0.2) is 0 Å². The number of carbonyl (C=O) groups excluding carboxylic acids is 1. The Labute approximate surface area is 207 Å². The number of hydrazone groups is 1. The number of rotatable bonds is 7. The summed E-state index contributed by atoms with van der Waals surface area (Å²) in [4.78, 5) is 12.4. The van der Waals surface area contributed by atoms with Gasteiger partial charge in [0.2, 0.25) is 10.0 Å². The zero-order valence-corrected chi connectivity index (χ0v) is 21.1. The molecule has 0 saturated carbocycles. The van der Waals surface area contributed by atoms with Crippen LogP contribution < -0.4 is 9.73 Å². The van der Waals surface area contributed by atoms with E-state index in [2.05, 4.69) is 10.5 Å². The summed E-state index contributed by atoms with van der Waals surface area (Å²) in [5.74, 6) is -0.596. The molecule has 0 unspecified atom stereocenters. The standard InChI is InChI=1S/C22H21Cl3N4O3S/c1-14-10-16(15(2)29(14)21-9-6-18(24)11-20(21)25)12-26-27-22(30)13-28(33(3,31)32)19-7-4-17(23)5-8-19/h4-12H,13H2,1-3H3,(H,27,30)/b26-12+. The molecule has 3 rings (SSSR count). The molecule has 11 heteroatoms. The minimum absolute atomic E-state index is 0.324. The Balaban J connectivity index is 1.75. The van der Waals surface area contributed by atoms with Gasteiger partial charge in [0.25, 0.3) is 5.91 Å². The van der Waals surface area contributed by atoms with Crippen molar-refractivity contribution in [3.05, 3.63) is 80.6 Å². The molecule has 1 heterocycles. The number of aromatic nitrogens is 1. The number of halogens is 3. The van der Waals surface area contributed by atoms with Gasteiger partial charge in [0.05, 0.1) is 28.9 Å². The first-order valence-electron chi connectivity index (χ1n) is 9.67. The van der Waals surface area contributed by atoms with Crippen LogP contribution in [0.25, 0.3) is 5.69 Å². The van der Waals surface area contributed by atoms with Crippen LogP contribution in [0, 0.1) is 13.8 Å². The quantitative estimate of drug-likeness (QED) is 0.348. The second-order valence-electron chi connectivity index (χ2n) is 7.30. The molecule has 0 saturated heterocycles. The van der Waals surface area contributed by atoms with Crippen molar-refractivity contribution in [1.29, 1.82) is 0 Å². The third-order valence-corrected chi connectivity index (χ3v) is 6.75. The summed E-state index contributed by atoms with van der Waals surface area (Å²) in [7, 11) is -3.70. The molecule has 2 aromatic carbocycles. The fourth-order valence-electron chi connectivity index (χ4n) is 3.30. The monoisotopic (exact) mass is 526 g/mol. The van der Waals surface area contributed by atoms with Crippen LogP contribution >= 0.6 is 34.8 Å². The smallest absolute Gasteiger partial charge is 0.260 e. The molecule has 174 valence electrons. The van der Waals surface area contributed by atoms with Crippen molar-refractivity contribution in [2.45, 2.75) is 13.8 Å². The summed E-state index contributed by atoms with van der Waals surface area (Å²) >= 11 is 18.2. The van der Waals surface area contributed by atoms with Crippen LogP contribution in [0.5, 0.6) is 0 Å². The summed E-state index contributed by atoms with van der Waals surface area (Å²) in [6, 6.07) is 13.3. The number of carbonyl (C=O) groups is 1. The number of hydrogen-bond donors (Lipinski definition) is 1. The van der Waals surface area contributed by atoms with Gasteiger partial charge in [-0.3, -0.25) is 9.10 Å². The summed E-state index contributed by atoms with van der Waals surface area (Å²) < 4.78 is 27.3. The maximum Gasteiger partial charge on any atom is 0.260 e. The van der Waals surface area contributed by atoms with Crippen LogP contribution in [0.4, 0.5) is 5.69 Å². The van der Waals surface area contributed by atoms with Gasteiger partial charge in [-0.2, -0.15) is 5.10 Å². The second kappa shape index (κ2) is 10.2. The lowest BCUT2D eigenvalue weighted by molar-refractivity contribution is -0.119. The van der Waals surface area contributed by atoms with Gasteiger partial charge in [0, 0.05) is 27.0 Å². The second-order valence-corrected chi connectivity index (χ2v) is 10.5. The maximum absolute atomic E-state index is 12.4. The van der Waals surface area contributed by atoms with E-state index in [9.17, 15) is 13.2 Å². The number of anilines is 1. The van der Waals surface area contributed by atoms with Crippen LogP contribution in [0.2, 0.25) is 15.1 Å². The number of benzene rings is 2. The average molecular weight is 528 g/mol. The van der Waals surface area contributed by atoms with Gasteiger partial charge >= 0.3 is 0 Å². The third kappa shape index (κ3) is 6.09. The van der Waals surface area contributed by atoms with Gasteiger partial charge in [-0.1, -0.05) is 34.8 Å². The normalized spacial score (nSPS) is 11.7. The molecule has 3 aromatic rings. The topological polar surface area (TPSA) is 83.8 Å². The SMILES string of the molecule is Cc1cc(/C=N/NC(=O)CN(c2ccc(Cl)cc2)S(C)(=O)=O)c(C)n1-c1ccc(Cl)cc1Cl. The molecule has 0 atom stereocenters. The van der Waals surface area contributed by atoms with E-state index in [1.54, 1.807) is 24.3 Å². The van der Waals surface area contributed by atoms with E-state index in [0.29, 0.717) is 20.8 Å². The fraction of sp³-hybridized carbons (Fsp3) is 0.182. The number of amides is 1. The van der Waals surface area contributed by atoms with Gasteiger partial charge in [0.1, 0.15) is 6.54 Å². The summed E-state index contributed by atoms with van der Waals surface area (Å²) in [6.07, 6.45) is 2.52. The average Bonchev–Trinajstić information content (AvgIpc) is 3.00. The molecule has 0 bridgehead atoms. The first-order valence-corrected chi connectivity index (χ1v) is 12.6. The highest BCUT2D eigenvalue weighted by Gasteiger charge is 2.20. The first kappa shape index (κ1) is 25.1. The van der Waals surface area contributed by atoms with Crippen LogP contribution in [-0.4, -0.2) is 37.9 Å². The zero-order valence-electron chi connectivity index (χ0n) is 18.0. The summed E-state index contributed by atoms with van der Waals surface area (Å²) in [5, 5.41) is 5.50. The molecule has 1 N–H and O–H groups in total. The minimum atomic E-state index is -3.70. The number of nitrogens with zero attached hydrogens (tertiary/aromatic N) is 3. The van der Waals surface area contributed by atoms with Crippen molar-refractivity contribution in [3.63, 3.8) is 0 Å².